The molecule has 0 fully saturated rings. The van der Waals surface area contributed by atoms with Crippen molar-refractivity contribution in [3.8, 4) is 0 Å². The van der Waals surface area contributed by atoms with Crippen LogP contribution in [0.15, 0.2) is 0 Å². The van der Waals surface area contributed by atoms with Crippen molar-refractivity contribution in [3.63, 3.8) is 0 Å². The molecule has 0 rings (SSSR count). The molecule has 0 aliphatic heterocycles. The summed E-state index contributed by atoms with van der Waals surface area (Å²) in [4.78, 5) is 2.54. The summed E-state index contributed by atoms with van der Waals surface area (Å²) >= 11 is 0. The molecular formula is C12H28N2. The highest BCUT2D eigenvalue weighted by Gasteiger charge is 2.14. The highest BCUT2D eigenvalue weighted by molar-refractivity contribution is 4.74. The summed E-state index contributed by atoms with van der Waals surface area (Å²) in [7, 11) is 0. The van der Waals surface area contributed by atoms with Crippen LogP contribution in [-0.2, 0) is 0 Å². The second-order valence-electron chi connectivity index (χ2n) is 4.30. The molecule has 0 aliphatic rings. The van der Waals surface area contributed by atoms with Crippen LogP contribution in [0.1, 0.15) is 41.0 Å². The maximum absolute atomic E-state index is 3.56. The maximum atomic E-state index is 3.56. The van der Waals surface area contributed by atoms with Crippen molar-refractivity contribution in [1.82, 2.24) is 10.2 Å². The molecule has 0 spiro atoms. The molecule has 0 saturated heterocycles. The summed E-state index contributed by atoms with van der Waals surface area (Å²) in [5.74, 6) is 0.723. The van der Waals surface area contributed by atoms with Gasteiger partial charge in [-0.1, -0.05) is 34.6 Å². The smallest absolute Gasteiger partial charge is 0.0217 e. The highest BCUT2D eigenvalue weighted by Crippen LogP contribution is 2.04. The SMILES string of the molecule is CCCN(CC)CC(NCC)C(C)C. The van der Waals surface area contributed by atoms with E-state index in [0.29, 0.717) is 6.04 Å². The molecule has 1 N–H and O–H groups in total. The van der Waals surface area contributed by atoms with Gasteiger partial charge in [0.25, 0.3) is 0 Å². The molecular weight excluding hydrogens is 172 g/mol. The predicted octanol–water partition coefficient (Wildman–Crippen LogP) is 2.35. The van der Waals surface area contributed by atoms with Crippen molar-refractivity contribution in [2.45, 2.75) is 47.1 Å². The van der Waals surface area contributed by atoms with Gasteiger partial charge in [-0.3, -0.25) is 0 Å². The lowest BCUT2D eigenvalue weighted by Crippen LogP contribution is -2.44. The van der Waals surface area contributed by atoms with Crippen molar-refractivity contribution >= 4 is 0 Å². The first-order valence-electron chi connectivity index (χ1n) is 6.11. The summed E-state index contributed by atoms with van der Waals surface area (Å²) < 4.78 is 0. The fraction of sp³-hybridized carbons (Fsp3) is 1.00. The van der Waals surface area contributed by atoms with Crippen molar-refractivity contribution in [2.24, 2.45) is 5.92 Å². The largest absolute Gasteiger partial charge is 0.313 e. The molecule has 0 aromatic rings. The summed E-state index contributed by atoms with van der Waals surface area (Å²) in [6, 6.07) is 0.645. The first kappa shape index (κ1) is 13.9. The number of hydrogen-bond acceptors (Lipinski definition) is 2. The van der Waals surface area contributed by atoms with Gasteiger partial charge in [-0.25, -0.2) is 0 Å². The zero-order valence-corrected chi connectivity index (χ0v) is 10.6. The number of rotatable bonds is 8. The van der Waals surface area contributed by atoms with Crippen LogP contribution in [0, 0.1) is 5.92 Å². The lowest BCUT2D eigenvalue weighted by atomic mass is 10.0. The van der Waals surface area contributed by atoms with Gasteiger partial charge in [-0.05, 0) is 32.0 Å². The van der Waals surface area contributed by atoms with Gasteiger partial charge in [0, 0.05) is 12.6 Å². The molecule has 0 bridgehead atoms. The number of nitrogens with one attached hydrogen (secondary N) is 1. The molecule has 0 radical (unpaired) electrons. The molecule has 2 heteroatoms. The van der Waals surface area contributed by atoms with Crippen LogP contribution in [0.25, 0.3) is 0 Å². The Morgan fingerprint density at radius 3 is 2.14 bits per heavy atom. The average Bonchev–Trinajstić information content (AvgIpc) is 2.15. The van der Waals surface area contributed by atoms with Gasteiger partial charge in [0.15, 0.2) is 0 Å². The number of hydrogen-bond donors (Lipinski definition) is 1. The lowest BCUT2D eigenvalue weighted by Gasteiger charge is -2.29. The van der Waals surface area contributed by atoms with E-state index >= 15 is 0 Å². The van der Waals surface area contributed by atoms with Crippen LogP contribution < -0.4 is 5.32 Å². The molecule has 0 amide bonds. The second kappa shape index (κ2) is 8.25. The zero-order valence-electron chi connectivity index (χ0n) is 10.6. The van der Waals surface area contributed by atoms with Crippen molar-refractivity contribution < 1.29 is 0 Å². The Balaban J connectivity index is 3.97. The normalized spacial score (nSPS) is 13.9. The highest BCUT2D eigenvalue weighted by atomic mass is 15.1. The van der Waals surface area contributed by atoms with E-state index in [2.05, 4.69) is 44.8 Å². The Bertz CT molecular complexity index is 123. The average molecular weight is 200 g/mol. The minimum atomic E-state index is 0.645. The zero-order chi connectivity index (χ0) is 11.0. The molecule has 1 atom stereocenters. The number of likely N-dealkylation sites (N-methyl/N-ethyl adjacent to an activating group) is 2. The minimum Gasteiger partial charge on any atom is -0.313 e. The molecule has 0 aliphatic carbocycles. The van der Waals surface area contributed by atoms with Crippen LogP contribution in [0.4, 0.5) is 0 Å². The van der Waals surface area contributed by atoms with Gasteiger partial charge in [0.2, 0.25) is 0 Å². The third-order valence-electron chi connectivity index (χ3n) is 2.71. The van der Waals surface area contributed by atoms with Crippen LogP contribution in [0.2, 0.25) is 0 Å². The van der Waals surface area contributed by atoms with E-state index in [4.69, 9.17) is 0 Å². The molecule has 14 heavy (non-hydrogen) atoms. The Morgan fingerprint density at radius 2 is 1.79 bits per heavy atom. The van der Waals surface area contributed by atoms with E-state index in [1.165, 1.54) is 26.1 Å². The van der Waals surface area contributed by atoms with E-state index in [9.17, 15) is 0 Å². The summed E-state index contributed by atoms with van der Waals surface area (Å²) in [6.45, 7) is 15.9. The summed E-state index contributed by atoms with van der Waals surface area (Å²) in [5, 5.41) is 3.56. The van der Waals surface area contributed by atoms with E-state index < -0.39 is 0 Å². The van der Waals surface area contributed by atoms with E-state index in [0.717, 1.165) is 12.5 Å². The fourth-order valence-electron chi connectivity index (χ4n) is 1.75. The van der Waals surface area contributed by atoms with Crippen LogP contribution >= 0.6 is 0 Å². The Morgan fingerprint density at radius 1 is 1.14 bits per heavy atom. The van der Waals surface area contributed by atoms with Gasteiger partial charge < -0.3 is 10.2 Å². The summed E-state index contributed by atoms with van der Waals surface area (Å²) in [5.41, 5.74) is 0. The van der Waals surface area contributed by atoms with Crippen LogP contribution in [0.5, 0.6) is 0 Å². The summed E-state index contributed by atoms with van der Waals surface area (Å²) in [6.07, 6.45) is 1.25. The monoisotopic (exact) mass is 200 g/mol. The third-order valence-corrected chi connectivity index (χ3v) is 2.71. The maximum Gasteiger partial charge on any atom is 0.0217 e. The van der Waals surface area contributed by atoms with Gasteiger partial charge in [0.05, 0.1) is 0 Å². The molecule has 0 aromatic heterocycles. The van der Waals surface area contributed by atoms with Gasteiger partial charge in [-0.2, -0.15) is 0 Å². The van der Waals surface area contributed by atoms with Crippen LogP contribution in [-0.4, -0.2) is 37.1 Å². The Labute approximate surface area is 90.1 Å². The second-order valence-corrected chi connectivity index (χ2v) is 4.30. The Hall–Kier alpha value is -0.0800. The van der Waals surface area contributed by atoms with Gasteiger partial charge in [0.1, 0.15) is 0 Å². The minimum absolute atomic E-state index is 0.645. The molecule has 0 heterocycles. The Kier molecular flexibility index (Phi) is 8.20. The number of nitrogens with zero attached hydrogens (tertiary/aromatic N) is 1. The first-order valence-corrected chi connectivity index (χ1v) is 6.11. The quantitative estimate of drug-likeness (QED) is 0.647. The van der Waals surface area contributed by atoms with Gasteiger partial charge in [-0.15, -0.1) is 0 Å². The molecule has 2 nitrogen and oxygen atoms in total. The van der Waals surface area contributed by atoms with E-state index in [1.54, 1.807) is 0 Å². The van der Waals surface area contributed by atoms with Crippen molar-refractivity contribution in [3.05, 3.63) is 0 Å². The van der Waals surface area contributed by atoms with Crippen LogP contribution in [0.3, 0.4) is 0 Å². The third kappa shape index (κ3) is 5.61. The predicted molar refractivity (Wildman–Crippen MR) is 64.7 cm³/mol. The molecule has 86 valence electrons. The fourth-order valence-corrected chi connectivity index (χ4v) is 1.75. The standard InChI is InChI=1S/C12H28N2/c1-6-9-14(8-3)10-12(11(4)5)13-7-2/h11-13H,6-10H2,1-5H3. The molecule has 1 unspecified atom stereocenters. The van der Waals surface area contributed by atoms with E-state index in [1.807, 2.05) is 0 Å². The van der Waals surface area contributed by atoms with E-state index in [-0.39, 0.29) is 0 Å². The van der Waals surface area contributed by atoms with Crippen molar-refractivity contribution in [2.75, 3.05) is 26.2 Å². The first-order chi connectivity index (χ1) is 6.65. The topological polar surface area (TPSA) is 15.3 Å². The molecule has 0 aromatic carbocycles. The lowest BCUT2D eigenvalue weighted by molar-refractivity contribution is 0.228. The molecule has 0 saturated carbocycles. The van der Waals surface area contributed by atoms with Gasteiger partial charge >= 0.3 is 0 Å². The van der Waals surface area contributed by atoms with Crippen molar-refractivity contribution in [1.29, 1.82) is 0 Å².